The Balaban J connectivity index is 1.33. The van der Waals surface area contributed by atoms with Crippen LogP contribution in [0.5, 0.6) is 5.75 Å². The van der Waals surface area contributed by atoms with Crippen molar-refractivity contribution in [1.29, 1.82) is 5.26 Å². The predicted octanol–water partition coefficient (Wildman–Crippen LogP) is 4.75. The number of benzene rings is 3. The van der Waals surface area contributed by atoms with E-state index in [1.54, 1.807) is 24.3 Å². The van der Waals surface area contributed by atoms with Crippen molar-refractivity contribution in [2.24, 2.45) is 11.8 Å². The molecule has 4 atom stereocenters. The highest BCUT2D eigenvalue weighted by Crippen LogP contribution is 2.62. The van der Waals surface area contributed by atoms with Gasteiger partial charge < -0.3 is 9.47 Å². The van der Waals surface area contributed by atoms with E-state index in [2.05, 4.69) is 6.07 Å². The van der Waals surface area contributed by atoms with Crippen LogP contribution >= 0.6 is 0 Å². The van der Waals surface area contributed by atoms with Crippen molar-refractivity contribution in [3.63, 3.8) is 0 Å². The van der Waals surface area contributed by atoms with Gasteiger partial charge in [-0.15, -0.1) is 0 Å². The van der Waals surface area contributed by atoms with E-state index in [9.17, 15) is 19.2 Å². The van der Waals surface area contributed by atoms with Crippen molar-refractivity contribution in [1.82, 2.24) is 0 Å². The first-order valence-corrected chi connectivity index (χ1v) is 11.8. The van der Waals surface area contributed by atoms with Crippen LogP contribution in [0.3, 0.4) is 0 Å². The average molecular weight is 471 g/mol. The first-order chi connectivity index (χ1) is 16.9. The van der Waals surface area contributed by atoms with E-state index in [4.69, 9.17) is 9.47 Å². The molecule has 35 heavy (non-hydrogen) atoms. The zero-order valence-electron chi connectivity index (χ0n) is 19.2. The zero-order chi connectivity index (χ0) is 24.4. The van der Waals surface area contributed by atoms with E-state index in [1.807, 2.05) is 31.2 Å². The van der Waals surface area contributed by atoms with Gasteiger partial charge in [-0.3, -0.25) is 9.59 Å². The zero-order valence-corrected chi connectivity index (χ0v) is 19.2. The maximum atomic E-state index is 13.9. The monoisotopic (exact) mass is 470 g/mol. The molecule has 7 heteroatoms. The van der Waals surface area contributed by atoms with Crippen LogP contribution < -0.4 is 9.64 Å². The quantitative estimate of drug-likeness (QED) is 0.503. The maximum Gasteiger partial charge on any atom is 0.240 e. The second-order valence-electron chi connectivity index (χ2n) is 9.79. The van der Waals surface area contributed by atoms with Crippen LogP contribution in [0.15, 0.2) is 60.7 Å². The molecule has 0 aromatic heterocycles. The van der Waals surface area contributed by atoms with Gasteiger partial charge in [0, 0.05) is 17.2 Å². The average Bonchev–Trinajstić information content (AvgIpc) is 3.44. The Labute approximate surface area is 201 Å². The van der Waals surface area contributed by atoms with Crippen LogP contribution in [0.1, 0.15) is 31.7 Å². The topological polar surface area (TPSA) is 79.6 Å². The lowest BCUT2D eigenvalue weighted by atomic mass is 9.67. The molecule has 3 saturated heterocycles. The summed E-state index contributed by atoms with van der Waals surface area (Å²) >= 11 is 0. The van der Waals surface area contributed by atoms with Gasteiger partial charge in [-0.1, -0.05) is 24.3 Å². The highest BCUT2D eigenvalue weighted by Gasteiger charge is 2.73. The minimum absolute atomic E-state index is 0.251. The molecule has 0 spiro atoms. The van der Waals surface area contributed by atoms with Gasteiger partial charge in [0.05, 0.1) is 47.0 Å². The fourth-order valence-corrected chi connectivity index (χ4v) is 6.30. The summed E-state index contributed by atoms with van der Waals surface area (Å²) in [5, 5.41) is 10.9. The molecule has 2 amide bonds. The van der Waals surface area contributed by atoms with Gasteiger partial charge in [0.2, 0.25) is 11.8 Å². The summed E-state index contributed by atoms with van der Waals surface area (Å²) in [7, 11) is 0. The summed E-state index contributed by atoms with van der Waals surface area (Å²) < 4.78 is 25.5. The van der Waals surface area contributed by atoms with E-state index in [1.165, 1.54) is 17.0 Å². The van der Waals surface area contributed by atoms with Gasteiger partial charge >= 0.3 is 0 Å². The Bertz CT molecular complexity index is 1410. The van der Waals surface area contributed by atoms with Crippen LogP contribution in [0.4, 0.5) is 10.1 Å². The normalized spacial score (nSPS) is 29.0. The number of hydrogen-bond donors (Lipinski definition) is 0. The van der Waals surface area contributed by atoms with Crippen molar-refractivity contribution >= 4 is 28.3 Å². The molecule has 0 unspecified atom stereocenters. The number of fused-ring (bicyclic) bond motifs is 6. The van der Waals surface area contributed by atoms with Crippen LogP contribution in [0.2, 0.25) is 0 Å². The van der Waals surface area contributed by atoms with Crippen molar-refractivity contribution in [3.8, 4) is 11.8 Å². The molecule has 0 aliphatic carbocycles. The summed E-state index contributed by atoms with van der Waals surface area (Å²) in [5.41, 5.74) is -0.508. The van der Waals surface area contributed by atoms with Gasteiger partial charge in [0.1, 0.15) is 11.6 Å². The third-order valence-electron chi connectivity index (χ3n) is 7.88. The summed E-state index contributed by atoms with van der Waals surface area (Å²) in [5.74, 6) is -1.48. The highest BCUT2D eigenvalue weighted by molar-refractivity contribution is 6.26. The smallest absolute Gasteiger partial charge is 0.240 e. The van der Waals surface area contributed by atoms with Gasteiger partial charge in [-0.2, -0.15) is 5.26 Å². The second kappa shape index (κ2) is 7.62. The summed E-state index contributed by atoms with van der Waals surface area (Å²) in [6.45, 7) is 2.21. The molecular weight excluding hydrogens is 447 g/mol. The standard InChI is InChI=1S/C28H23FN2O4/c1-27-12-13-28(35-27,14-15-34-19-9-7-18(29)8-10-19)24-23(27)25(32)31(26(24)33)22-11-6-17(16-30)20-4-2-3-5-21(20)22/h2-11,23-24H,12-15H2,1H3/t23-,24+,27-,28-/m0/s1. The maximum absolute atomic E-state index is 13.9. The van der Waals surface area contributed by atoms with Crippen molar-refractivity contribution < 1.29 is 23.5 Å². The SMILES string of the molecule is C[C@@]12CC[C@@](CCOc3ccc(F)cc3)(O1)[C@H]1C(=O)N(c3ccc(C#N)c4ccccc34)C(=O)[C@H]12. The van der Waals surface area contributed by atoms with Gasteiger partial charge in [-0.05, 0) is 56.2 Å². The van der Waals surface area contributed by atoms with E-state index in [0.29, 0.717) is 47.0 Å². The summed E-state index contributed by atoms with van der Waals surface area (Å²) in [4.78, 5) is 28.9. The molecule has 3 aromatic rings. The molecule has 3 fully saturated rings. The first kappa shape index (κ1) is 21.8. The molecule has 3 aromatic carbocycles. The predicted molar refractivity (Wildman–Crippen MR) is 126 cm³/mol. The molecule has 0 radical (unpaired) electrons. The van der Waals surface area contributed by atoms with Crippen LogP contribution in [-0.2, 0) is 14.3 Å². The molecule has 6 nitrogen and oxygen atoms in total. The molecule has 3 aliphatic heterocycles. The second-order valence-corrected chi connectivity index (χ2v) is 9.79. The fraction of sp³-hybridized carbons (Fsp3) is 0.321. The Morgan fingerprint density at radius 3 is 2.49 bits per heavy atom. The summed E-state index contributed by atoms with van der Waals surface area (Å²) in [6.07, 6.45) is 1.80. The van der Waals surface area contributed by atoms with Crippen molar-refractivity contribution in [2.75, 3.05) is 11.5 Å². The number of anilines is 1. The van der Waals surface area contributed by atoms with Gasteiger partial charge in [-0.25, -0.2) is 9.29 Å². The molecule has 3 aliphatic rings. The van der Waals surface area contributed by atoms with Gasteiger partial charge in [0.25, 0.3) is 0 Å². The van der Waals surface area contributed by atoms with Crippen molar-refractivity contribution in [2.45, 2.75) is 37.4 Å². The van der Waals surface area contributed by atoms with Crippen LogP contribution in [0.25, 0.3) is 10.8 Å². The highest BCUT2D eigenvalue weighted by atomic mass is 19.1. The number of amides is 2. The lowest BCUT2D eigenvalue weighted by molar-refractivity contribution is -0.131. The number of halogens is 1. The lowest BCUT2D eigenvalue weighted by Gasteiger charge is -2.31. The number of nitrogens with zero attached hydrogens (tertiary/aromatic N) is 2. The number of imide groups is 1. The number of rotatable bonds is 5. The Morgan fingerprint density at radius 1 is 1.03 bits per heavy atom. The number of hydrogen-bond acceptors (Lipinski definition) is 5. The minimum atomic E-state index is -0.788. The van der Waals surface area contributed by atoms with E-state index >= 15 is 0 Å². The van der Waals surface area contributed by atoms with E-state index < -0.39 is 23.0 Å². The number of carbonyl (C=O) groups is 2. The molecule has 0 N–H and O–H groups in total. The Hall–Kier alpha value is -3.76. The molecule has 3 heterocycles. The van der Waals surface area contributed by atoms with Gasteiger partial charge in [0.15, 0.2) is 0 Å². The number of carbonyl (C=O) groups excluding carboxylic acids is 2. The minimum Gasteiger partial charge on any atom is -0.493 e. The summed E-state index contributed by atoms with van der Waals surface area (Å²) in [6, 6.07) is 18.6. The molecule has 176 valence electrons. The molecule has 6 rings (SSSR count). The third-order valence-corrected chi connectivity index (χ3v) is 7.88. The lowest BCUT2D eigenvalue weighted by Crippen LogP contribution is -2.43. The molecule has 2 bridgehead atoms. The third kappa shape index (κ3) is 3.10. The Kier molecular flexibility index (Phi) is 4.74. The number of nitriles is 1. The van der Waals surface area contributed by atoms with E-state index in [-0.39, 0.29) is 24.2 Å². The first-order valence-electron chi connectivity index (χ1n) is 11.8. The van der Waals surface area contributed by atoms with Crippen LogP contribution in [0, 0.1) is 29.0 Å². The van der Waals surface area contributed by atoms with E-state index in [0.717, 1.165) is 0 Å². The van der Waals surface area contributed by atoms with Crippen LogP contribution in [-0.4, -0.2) is 29.6 Å². The largest absolute Gasteiger partial charge is 0.493 e. The Morgan fingerprint density at radius 2 is 1.74 bits per heavy atom. The fourth-order valence-electron chi connectivity index (χ4n) is 6.30. The van der Waals surface area contributed by atoms with Crippen molar-refractivity contribution in [3.05, 3.63) is 72.0 Å². The number of ether oxygens (including phenoxy) is 2. The molecular formula is C28H23FN2O4. The molecule has 0 saturated carbocycles.